The van der Waals surface area contributed by atoms with E-state index in [0.717, 1.165) is 5.56 Å². The second kappa shape index (κ2) is 9.45. The van der Waals surface area contributed by atoms with Crippen LogP contribution in [-0.4, -0.2) is 40.6 Å². The zero-order valence-corrected chi connectivity index (χ0v) is 16.3. The second-order valence-electron chi connectivity index (χ2n) is 6.34. The van der Waals surface area contributed by atoms with Crippen LogP contribution in [0, 0.1) is 0 Å². The van der Waals surface area contributed by atoms with E-state index in [1.165, 1.54) is 0 Å². The van der Waals surface area contributed by atoms with Gasteiger partial charge in [-0.25, -0.2) is 4.79 Å². The fraction of sp³-hybridized carbons (Fsp3) is 0.182. The van der Waals surface area contributed by atoms with Gasteiger partial charge in [0.15, 0.2) is 11.5 Å². The number of nitrogens with one attached hydrogen (secondary N) is 1. The number of aromatic nitrogens is 2. The number of ether oxygens (including phenoxy) is 1. The summed E-state index contributed by atoms with van der Waals surface area (Å²) in [6.45, 7) is 2.53. The fourth-order valence-corrected chi connectivity index (χ4v) is 2.75. The predicted octanol–water partition coefficient (Wildman–Crippen LogP) is 3.67. The number of nitrogens with zero attached hydrogens (tertiary/aromatic N) is 3. The Morgan fingerprint density at radius 1 is 0.966 bits per heavy atom. The third-order valence-corrected chi connectivity index (χ3v) is 4.18. The van der Waals surface area contributed by atoms with Gasteiger partial charge in [-0.05, 0) is 36.8 Å². The van der Waals surface area contributed by atoms with Crippen LogP contribution in [-0.2, 0) is 11.3 Å². The van der Waals surface area contributed by atoms with Crippen LogP contribution in [0.25, 0.3) is 0 Å². The summed E-state index contributed by atoms with van der Waals surface area (Å²) in [5.74, 6) is -0.221. The third-order valence-electron chi connectivity index (χ3n) is 4.18. The first-order chi connectivity index (χ1) is 14.1. The molecule has 7 nitrogen and oxygen atoms in total. The average Bonchev–Trinajstić information content (AvgIpc) is 2.75. The van der Waals surface area contributed by atoms with Crippen molar-refractivity contribution in [2.24, 2.45) is 0 Å². The summed E-state index contributed by atoms with van der Waals surface area (Å²) in [4.78, 5) is 26.2. The van der Waals surface area contributed by atoms with Crippen molar-refractivity contribution in [2.45, 2.75) is 13.5 Å². The van der Waals surface area contributed by atoms with E-state index in [9.17, 15) is 9.59 Å². The van der Waals surface area contributed by atoms with Crippen LogP contribution < -0.4 is 5.32 Å². The number of carbonyl (C=O) groups excluding carboxylic acids is 2. The van der Waals surface area contributed by atoms with E-state index >= 15 is 0 Å². The molecule has 2 aromatic carbocycles. The molecule has 0 saturated heterocycles. The molecule has 148 valence electrons. The smallest absolute Gasteiger partial charge is 0.340 e. The molecule has 0 aliphatic heterocycles. The van der Waals surface area contributed by atoms with Crippen LogP contribution in [0.5, 0.6) is 0 Å². The van der Waals surface area contributed by atoms with Gasteiger partial charge in [0, 0.05) is 13.6 Å². The summed E-state index contributed by atoms with van der Waals surface area (Å²) in [5.41, 5.74) is 2.23. The molecule has 1 heterocycles. The molecule has 1 N–H and O–H groups in total. The Bertz CT molecular complexity index is 975. The molecule has 0 radical (unpaired) electrons. The lowest BCUT2D eigenvalue weighted by Gasteiger charge is -2.16. The summed E-state index contributed by atoms with van der Waals surface area (Å²) in [5, 5.41) is 11.1. The van der Waals surface area contributed by atoms with Gasteiger partial charge in [0.1, 0.15) is 0 Å². The maximum atomic E-state index is 12.6. The standard InChI is InChI=1S/C22H22N4O3/c1-3-29-22(28)17-11-7-8-12-18(17)23-20-14-13-19(24-25-20)21(27)26(2)15-16-9-5-4-6-10-16/h4-14H,3,15H2,1-2H3,(H,23,25). The van der Waals surface area contributed by atoms with Crippen molar-refractivity contribution >= 4 is 23.4 Å². The molecule has 29 heavy (non-hydrogen) atoms. The minimum absolute atomic E-state index is 0.222. The van der Waals surface area contributed by atoms with E-state index in [0.29, 0.717) is 30.2 Å². The minimum Gasteiger partial charge on any atom is -0.462 e. The van der Waals surface area contributed by atoms with Crippen molar-refractivity contribution < 1.29 is 14.3 Å². The minimum atomic E-state index is -0.419. The molecule has 1 aromatic heterocycles. The SMILES string of the molecule is CCOC(=O)c1ccccc1Nc1ccc(C(=O)N(C)Cc2ccccc2)nn1. The lowest BCUT2D eigenvalue weighted by molar-refractivity contribution is 0.0527. The lowest BCUT2D eigenvalue weighted by Crippen LogP contribution is -2.27. The molecule has 0 unspecified atom stereocenters. The van der Waals surface area contributed by atoms with Gasteiger partial charge in [-0.3, -0.25) is 4.79 Å². The first-order valence-corrected chi connectivity index (χ1v) is 9.24. The number of esters is 1. The second-order valence-corrected chi connectivity index (χ2v) is 6.34. The molecule has 0 fully saturated rings. The third kappa shape index (κ3) is 5.16. The Labute approximate surface area is 169 Å². The van der Waals surface area contributed by atoms with Gasteiger partial charge in [0.2, 0.25) is 0 Å². The monoisotopic (exact) mass is 390 g/mol. The van der Waals surface area contributed by atoms with E-state index < -0.39 is 5.97 Å². The molecule has 1 amide bonds. The molecule has 3 aromatic rings. The normalized spacial score (nSPS) is 10.3. The molecular weight excluding hydrogens is 368 g/mol. The fourth-order valence-electron chi connectivity index (χ4n) is 2.75. The number of para-hydroxylation sites is 1. The number of carbonyl (C=O) groups is 2. The van der Waals surface area contributed by atoms with Crippen LogP contribution in [0.4, 0.5) is 11.5 Å². The zero-order chi connectivity index (χ0) is 20.6. The summed E-state index contributed by atoms with van der Waals surface area (Å²) >= 11 is 0. The van der Waals surface area contributed by atoms with E-state index in [4.69, 9.17) is 4.74 Å². The van der Waals surface area contributed by atoms with Crippen molar-refractivity contribution in [2.75, 3.05) is 19.0 Å². The highest BCUT2D eigenvalue weighted by molar-refractivity contribution is 5.96. The van der Waals surface area contributed by atoms with Gasteiger partial charge >= 0.3 is 5.97 Å². The van der Waals surface area contributed by atoms with Crippen molar-refractivity contribution in [3.05, 3.63) is 83.6 Å². The van der Waals surface area contributed by atoms with Crippen molar-refractivity contribution in [1.29, 1.82) is 0 Å². The maximum Gasteiger partial charge on any atom is 0.340 e. The largest absolute Gasteiger partial charge is 0.462 e. The first kappa shape index (κ1) is 20.0. The maximum absolute atomic E-state index is 12.6. The molecule has 7 heteroatoms. The molecule has 0 saturated carbocycles. The Morgan fingerprint density at radius 2 is 1.69 bits per heavy atom. The van der Waals surface area contributed by atoms with Crippen molar-refractivity contribution in [3.8, 4) is 0 Å². The van der Waals surface area contributed by atoms with E-state index in [1.807, 2.05) is 30.3 Å². The van der Waals surface area contributed by atoms with Crippen LogP contribution in [0.1, 0.15) is 33.3 Å². The van der Waals surface area contributed by atoms with Crippen molar-refractivity contribution in [1.82, 2.24) is 15.1 Å². The quantitative estimate of drug-likeness (QED) is 0.620. The van der Waals surface area contributed by atoms with E-state index in [1.54, 1.807) is 55.3 Å². The van der Waals surface area contributed by atoms with Gasteiger partial charge in [-0.2, -0.15) is 0 Å². The average molecular weight is 390 g/mol. The predicted molar refractivity (Wildman–Crippen MR) is 110 cm³/mol. The van der Waals surface area contributed by atoms with E-state index in [2.05, 4.69) is 15.5 Å². The molecule has 0 aliphatic carbocycles. The summed E-state index contributed by atoms with van der Waals surface area (Å²) < 4.78 is 5.07. The van der Waals surface area contributed by atoms with Crippen LogP contribution in [0.3, 0.4) is 0 Å². The lowest BCUT2D eigenvalue weighted by atomic mass is 10.2. The number of amides is 1. The summed E-state index contributed by atoms with van der Waals surface area (Å²) in [7, 11) is 1.72. The molecule has 0 bridgehead atoms. The number of hydrogen-bond donors (Lipinski definition) is 1. The van der Waals surface area contributed by atoms with Gasteiger partial charge in [-0.1, -0.05) is 42.5 Å². The van der Waals surface area contributed by atoms with Crippen molar-refractivity contribution in [3.63, 3.8) is 0 Å². The first-order valence-electron chi connectivity index (χ1n) is 9.24. The Kier molecular flexibility index (Phi) is 6.52. The van der Waals surface area contributed by atoms with Crippen LogP contribution in [0.2, 0.25) is 0 Å². The Morgan fingerprint density at radius 3 is 2.38 bits per heavy atom. The van der Waals surface area contributed by atoms with Crippen LogP contribution in [0.15, 0.2) is 66.7 Å². The number of rotatable bonds is 7. The van der Waals surface area contributed by atoms with Gasteiger partial charge in [0.05, 0.1) is 17.9 Å². The van der Waals surface area contributed by atoms with Gasteiger partial charge < -0.3 is 15.0 Å². The molecule has 0 aliphatic rings. The van der Waals surface area contributed by atoms with Gasteiger partial charge in [-0.15, -0.1) is 10.2 Å². The highest BCUT2D eigenvalue weighted by Crippen LogP contribution is 2.20. The zero-order valence-electron chi connectivity index (χ0n) is 16.3. The summed E-state index contributed by atoms with van der Waals surface area (Å²) in [6, 6.07) is 20.0. The van der Waals surface area contributed by atoms with E-state index in [-0.39, 0.29) is 11.6 Å². The Hall–Kier alpha value is -3.74. The molecule has 0 spiro atoms. The van der Waals surface area contributed by atoms with Crippen LogP contribution >= 0.6 is 0 Å². The molecule has 0 atom stereocenters. The number of hydrogen-bond acceptors (Lipinski definition) is 6. The molecule has 3 rings (SSSR count). The highest BCUT2D eigenvalue weighted by Gasteiger charge is 2.15. The summed E-state index contributed by atoms with van der Waals surface area (Å²) in [6.07, 6.45) is 0. The molecular formula is C22H22N4O3. The van der Waals surface area contributed by atoms with Gasteiger partial charge in [0.25, 0.3) is 5.91 Å². The topological polar surface area (TPSA) is 84.4 Å². The Balaban J connectivity index is 1.69. The number of benzene rings is 2. The highest BCUT2D eigenvalue weighted by atomic mass is 16.5. The number of anilines is 2.